The molecule has 0 saturated carbocycles. The zero-order valence-corrected chi connectivity index (χ0v) is 16.0. The van der Waals surface area contributed by atoms with Crippen LogP contribution in [0.4, 0.5) is 0 Å². The van der Waals surface area contributed by atoms with Gasteiger partial charge in [-0.15, -0.1) is 0 Å². The number of phenolic OH excluding ortho intramolecular Hbond substituents is 1. The van der Waals surface area contributed by atoms with Crippen molar-refractivity contribution in [2.45, 2.75) is 27.3 Å². The summed E-state index contributed by atoms with van der Waals surface area (Å²) in [5.74, 6) is 0.699. The van der Waals surface area contributed by atoms with Crippen molar-refractivity contribution in [2.24, 2.45) is 0 Å². The first-order valence-electron chi connectivity index (χ1n) is 8.84. The molecule has 0 spiro atoms. The van der Waals surface area contributed by atoms with Crippen molar-refractivity contribution in [2.75, 3.05) is 13.1 Å². The lowest BCUT2D eigenvalue weighted by atomic mass is 10.0. The molecule has 0 aliphatic carbocycles. The summed E-state index contributed by atoms with van der Waals surface area (Å²) in [6.45, 7) is 8.45. The average Bonchev–Trinajstić information content (AvgIpc) is 2.62. The molecule has 0 radical (unpaired) electrons. The van der Waals surface area contributed by atoms with Crippen LogP contribution in [0.3, 0.4) is 0 Å². The summed E-state index contributed by atoms with van der Waals surface area (Å²) >= 11 is 5.96. The highest BCUT2D eigenvalue weighted by molar-refractivity contribution is 6.30. The molecule has 3 rings (SSSR count). The largest absolute Gasteiger partial charge is 0.507 e. The lowest BCUT2D eigenvalue weighted by Gasteiger charge is -2.17. The van der Waals surface area contributed by atoms with Gasteiger partial charge >= 0.3 is 0 Å². The highest BCUT2D eigenvalue weighted by atomic mass is 35.5. The number of rotatable bonds is 5. The molecule has 3 aromatic rings. The molecule has 5 heteroatoms. The summed E-state index contributed by atoms with van der Waals surface area (Å²) in [5, 5.41) is 11.5. The molecule has 0 aliphatic heterocycles. The Morgan fingerprint density at radius 3 is 2.35 bits per heavy atom. The van der Waals surface area contributed by atoms with Crippen LogP contribution in [0, 0.1) is 6.92 Å². The molecule has 136 valence electrons. The highest BCUT2D eigenvalue weighted by Gasteiger charge is 2.20. The second kappa shape index (κ2) is 7.52. The fraction of sp³-hybridized carbons (Fsp3) is 0.286. The third-order valence-corrected chi connectivity index (χ3v) is 5.13. The minimum atomic E-state index is -0.0955. The lowest BCUT2D eigenvalue weighted by molar-refractivity contribution is -0.910. The van der Waals surface area contributed by atoms with Gasteiger partial charge in [-0.05, 0) is 50.6 Å². The molecule has 0 bridgehead atoms. The summed E-state index contributed by atoms with van der Waals surface area (Å²) in [5.41, 5.74) is 2.36. The van der Waals surface area contributed by atoms with Gasteiger partial charge in [-0.1, -0.05) is 23.7 Å². The second-order valence-electron chi connectivity index (χ2n) is 6.44. The number of halogens is 1. The fourth-order valence-electron chi connectivity index (χ4n) is 3.28. The second-order valence-corrected chi connectivity index (χ2v) is 6.88. The SMILES string of the molecule is CC[NH+](CC)Cc1c(O)ccc2c(=O)c(-c3ccc(Cl)cc3)c(C)oc12. The van der Waals surface area contributed by atoms with E-state index in [0.29, 0.717) is 39.4 Å². The number of quaternary nitrogens is 1. The van der Waals surface area contributed by atoms with Crippen LogP contribution in [0.2, 0.25) is 5.02 Å². The van der Waals surface area contributed by atoms with Gasteiger partial charge in [-0.3, -0.25) is 4.79 Å². The lowest BCUT2D eigenvalue weighted by Crippen LogP contribution is -3.10. The summed E-state index contributed by atoms with van der Waals surface area (Å²) in [7, 11) is 0. The standard InChI is InChI=1S/C21H22ClNO3/c1-4-23(5-2)12-17-18(24)11-10-16-20(25)19(13(3)26-21(16)17)14-6-8-15(22)9-7-14/h6-11,24H,4-5,12H2,1-3H3/p+1. The Hall–Kier alpha value is -2.30. The van der Waals surface area contributed by atoms with Crippen molar-refractivity contribution >= 4 is 22.6 Å². The molecule has 0 unspecified atom stereocenters. The quantitative estimate of drug-likeness (QED) is 0.720. The van der Waals surface area contributed by atoms with E-state index in [0.717, 1.165) is 18.7 Å². The van der Waals surface area contributed by atoms with Crippen molar-refractivity contribution in [3.63, 3.8) is 0 Å². The van der Waals surface area contributed by atoms with E-state index in [1.165, 1.54) is 4.90 Å². The molecule has 1 heterocycles. The number of hydrogen-bond donors (Lipinski definition) is 2. The van der Waals surface area contributed by atoms with Gasteiger partial charge in [0.2, 0.25) is 5.43 Å². The predicted molar refractivity (Wildman–Crippen MR) is 105 cm³/mol. The van der Waals surface area contributed by atoms with Crippen molar-refractivity contribution < 1.29 is 14.4 Å². The number of hydrogen-bond acceptors (Lipinski definition) is 3. The van der Waals surface area contributed by atoms with Crippen molar-refractivity contribution in [1.29, 1.82) is 0 Å². The number of fused-ring (bicyclic) bond motifs is 1. The Labute approximate surface area is 157 Å². The van der Waals surface area contributed by atoms with Crippen LogP contribution >= 0.6 is 11.6 Å². The van der Waals surface area contributed by atoms with E-state index in [-0.39, 0.29) is 11.2 Å². The van der Waals surface area contributed by atoms with Crippen molar-refractivity contribution in [3.05, 3.63) is 63.0 Å². The topological polar surface area (TPSA) is 54.9 Å². The first-order chi connectivity index (χ1) is 12.5. The van der Waals surface area contributed by atoms with E-state index in [9.17, 15) is 9.90 Å². The van der Waals surface area contributed by atoms with Crippen LogP contribution < -0.4 is 10.3 Å². The van der Waals surface area contributed by atoms with Gasteiger partial charge in [0.15, 0.2) is 5.58 Å². The van der Waals surface area contributed by atoms with Gasteiger partial charge in [-0.2, -0.15) is 0 Å². The molecule has 1 aromatic heterocycles. The van der Waals surface area contributed by atoms with Crippen LogP contribution in [-0.2, 0) is 6.54 Å². The molecule has 0 atom stereocenters. The van der Waals surface area contributed by atoms with Crippen LogP contribution in [0.1, 0.15) is 25.2 Å². The van der Waals surface area contributed by atoms with Crippen LogP contribution in [0.25, 0.3) is 22.1 Å². The Kier molecular flexibility index (Phi) is 5.35. The maximum Gasteiger partial charge on any atom is 0.200 e. The van der Waals surface area contributed by atoms with Gasteiger partial charge in [0, 0.05) is 5.02 Å². The summed E-state index contributed by atoms with van der Waals surface area (Å²) in [6, 6.07) is 10.4. The molecule has 0 fully saturated rings. The monoisotopic (exact) mass is 372 g/mol. The molecule has 0 aliphatic rings. The molecule has 26 heavy (non-hydrogen) atoms. The van der Waals surface area contributed by atoms with E-state index < -0.39 is 0 Å². The summed E-state index contributed by atoms with van der Waals surface area (Å²) in [4.78, 5) is 14.4. The number of aromatic hydroxyl groups is 1. The van der Waals surface area contributed by atoms with Gasteiger partial charge in [0.1, 0.15) is 18.1 Å². The summed E-state index contributed by atoms with van der Waals surface area (Å²) in [6.07, 6.45) is 0. The Balaban J connectivity index is 2.23. The first kappa shape index (κ1) is 18.5. The van der Waals surface area contributed by atoms with Crippen LogP contribution in [0.15, 0.2) is 45.6 Å². The minimum Gasteiger partial charge on any atom is -0.507 e. The molecule has 2 aromatic carbocycles. The van der Waals surface area contributed by atoms with Gasteiger partial charge < -0.3 is 14.4 Å². The Bertz CT molecular complexity index is 989. The van der Waals surface area contributed by atoms with Crippen LogP contribution in [-0.4, -0.2) is 18.2 Å². The predicted octanol–water partition coefficient (Wildman–Crippen LogP) is 3.55. The van der Waals surface area contributed by atoms with Gasteiger partial charge in [-0.25, -0.2) is 0 Å². The van der Waals surface area contributed by atoms with E-state index in [1.54, 1.807) is 31.2 Å². The third-order valence-electron chi connectivity index (χ3n) is 4.87. The summed E-state index contributed by atoms with van der Waals surface area (Å²) < 4.78 is 6.05. The molecular formula is C21H23ClNO3+. The number of nitrogens with one attached hydrogen (secondary N) is 1. The first-order valence-corrected chi connectivity index (χ1v) is 9.21. The number of phenols is 1. The molecular weight excluding hydrogens is 350 g/mol. The third kappa shape index (κ3) is 3.35. The smallest absolute Gasteiger partial charge is 0.200 e. The van der Waals surface area contributed by atoms with Crippen molar-refractivity contribution in [1.82, 2.24) is 0 Å². The van der Waals surface area contributed by atoms with Crippen molar-refractivity contribution in [3.8, 4) is 16.9 Å². The molecule has 2 N–H and O–H groups in total. The molecule has 4 nitrogen and oxygen atoms in total. The fourth-order valence-corrected chi connectivity index (χ4v) is 3.41. The van der Waals surface area contributed by atoms with Gasteiger partial charge in [0.05, 0.1) is 29.6 Å². The molecule has 0 amide bonds. The van der Waals surface area contributed by atoms with E-state index in [4.69, 9.17) is 16.0 Å². The van der Waals surface area contributed by atoms with E-state index in [2.05, 4.69) is 13.8 Å². The zero-order chi connectivity index (χ0) is 18.8. The highest BCUT2D eigenvalue weighted by Crippen LogP contribution is 2.30. The number of aryl methyl sites for hydroxylation is 1. The normalized spacial score (nSPS) is 11.4. The van der Waals surface area contributed by atoms with E-state index in [1.807, 2.05) is 12.1 Å². The number of benzene rings is 2. The average molecular weight is 373 g/mol. The Morgan fingerprint density at radius 2 is 1.73 bits per heavy atom. The maximum absolute atomic E-state index is 13.1. The van der Waals surface area contributed by atoms with Gasteiger partial charge in [0.25, 0.3) is 0 Å². The minimum absolute atomic E-state index is 0.0955. The molecule has 0 saturated heterocycles. The van der Waals surface area contributed by atoms with E-state index >= 15 is 0 Å². The van der Waals surface area contributed by atoms with Crippen LogP contribution in [0.5, 0.6) is 5.75 Å². The Morgan fingerprint density at radius 1 is 1.08 bits per heavy atom. The maximum atomic E-state index is 13.1. The zero-order valence-electron chi connectivity index (χ0n) is 15.2.